The number of aryl methyl sites for hydroxylation is 1. The fourth-order valence-corrected chi connectivity index (χ4v) is 1.14. The van der Waals surface area contributed by atoms with Gasteiger partial charge in [0.15, 0.2) is 5.82 Å². The van der Waals surface area contributed by atoms with E-state index in [1.165, 1.54) is 0 Å². The van der Waals surface area contributed by atoms with E-state index in [1.54, 1.807) is 11.0 Å². The number of unbranched alkanes of at least 4 members (excludes halogenated alkanes) is 1. The Bertz CT molecular complexity index is 297. The van der Waals surface area contributed by atoms with Gasteiger partial charge in [-0.25, -0.2) is 4.98 Å². The van der Waals surface area contributed by atoms with Crippen LogP contribution in [0.2, 0.25) is 0 Å². The first-order valence-corrected chi connectivity index (χ1v) is 4.81. The molecule has 1 heterocycles. The number of aromatic nitrogens is 3. The van der Waals surface area contributed by atoms with Crippen LogP contribution < -0.4 is 5.32 Å². The molecule has 0 radical (unpaired) electrons. The van der Waals surface area contributed by atoms with Crippen LogP contribution in [0.5, 0.6) is 0 Å². The van der Waals surface area contributed by atoms with Crippen LogP contribution in [0.3, 0.4) is 0 Å². The molecule has 1 rings (SSSR count). The zero-order chi connectivity index (χ0) is 10.2. The van der Waals surface area contributed by atoms with Crippen LogP contribution in [0.25, 0.3) is 0 Å². The molecule has 1 aromatic rings. The monoisotopic (exact) mass is 192 g/mol. The molecule has 0 spiro atoms. The van der Waals surface area contributed by atoms with Crippen molar-refractivity contribution in [2.75, 3.05) is 13.1 Å². The standard InChI is InChI=1S/C10H16N4/c1-3-4-5-7-11-8-6-10-12-9-14(2)13-10/h1,9,11H,4-8H2,2H3. The van der Waals surface area contributed by atoms with E-state index in [1.807, 2.05) is 7.05 Å². The molecule has 0 atom stereocenters. The summed E-state index contributed by atoms with van der Waals surface area (Å²) in [6, 6.07) is 0. The highest BCUT2D eigenvalue weighted by Crippen LogP contribution is 1.88. The third-order valence-corrected chi connectivity index (χ3v) is 1.85. The Hall–Kier alpha value is -1.34. The number of nitrogens with one attached hydrogen (secondary N) is 1. The molecule has 0 saturated carbocycles. The zero-order valence-corrected chi connectivity index (χ0v) is 8.53. The highest BCUT2D eigenvalue weighted by Gasteiger charge is 1.96. The van der Waals surface area contributed by atoms with Gasteiger partial charge in [-0.3, -0.25) is 4.68 Å². The fourth-order valence-electron chi connectivity index (χ4n) is 1.14. The van der Waals surface area contributed by atoms with Gasteiger partial charge >= 0.3 is 0 Å². The maximum atomic E-state index is 5.14. The second-order valence-corrected chi connectivity index (χ2v) is 3.14. The van der Waals surface area contributed by atoms with Crippen molar-refractivity contribution >= 4 is 0 Å². The molecule has 1 aromatic heterocycles. The van der Waals surface area contributed by atoms with Gasteiger partial charge in [-0.2, -0.15) is 5.10 Å². The Morgan fingerprint density at radius 1 is 1.57 bits per heavy atom. The summed E-state index contributed by atoms with van der Waals surface area (Å²) in [5.41, 5.74) is 0. The topological polar surface area (TPSA) is 42.7 Å². The van der Waals surface area contributed by atoms with Gasteiger partial charge in [0.25, 0.3) is 0 Å². The van der Waals surface area contributed by atoms with Crippen LogP contribution in [-0.4, -0.2) is 27.9 Å². The molecule has 0 aliphatic carbocycles. The lowest BCUT2D eigenvalue weighted by Gasteiger charge is -2.00. The SMILES string of the molecule is C#CCCCNCCc1ncn(C)n1. The molecule has 0 aliphatic rings. The average Bonchev–Trinajstić information content (AvgIpc) is 2.58. The first-order valence-electron chi connectivity index (χ1n) is 4.81. The van der Waals surface area contributed by atoms with Gasteiger partial charge in [-0.15, -0.1) is 12.3 Å². The Balaban J connectivity index is 2.02. The van der Waals surface area contributed by atoms with Crippen molar-refractivity contribution in [1.82, 2.24) is 20.1 Å². The normalized spacial score (nSPS) is 10.0. The summed E-state index contributed by atoms with van der Waals surface area (Å²) in [4.78, 5) is 4.13. The van der Waals surface area contributed by atoms with Gasteiger partial charge in [-0.1, -0.05) is 0 Å². The molecule has 1 N–H and O–H groups in total. The lowest BCUT2D eigenvalue weighted by Crippen LogP contribution is -2.18. The highest BCUT2D eigenvalue weighted by molar-refractivity contribution is 4.84. The third-order valence-electron chi connectivity index (χ3n) is 1.85. The summed E-state index contributed by atoms with van der Waals surface area (Å²) in [6.07, 6.45) is 9.60. The van der Waals surface area contributed by atoms with E-state index in [0.29, 0.717) is 0 Å². The molecule has 14 heavy (non-hydrogen) atoms. The van der Waals surface area contributed by atoms with Crippen LogP contribution in [0, 0.1) is 12.3 Å². The third kappa shape index (κ3) is 4.06. The Kier molecular flexibility index (Phi) is 4.73. The molecule has 0 amide bonds. The lowest BCUT2D eigenvalue weighted by atomic mass is 10.3. The van der Waals surface area contributed by atoms with Crippen LogP contribution >= 0.6 is 0 Å². The van der Waals surface area contributed by atoms with Crippen molar-refractivity contribution in [2.24, 2.45) is 7.05 Å². The number of hydrogen-bond donors (Lipinski definition) is 1. The van der Waals surface area contributed by atoms with E-state index in [0.717, 1.165) is 38.2 Å². The van der Waals surface area contributed by atoms with Crippen LogP contribution in [0.4, 0.5) is 0 Å². The summed E-state index contributed by atoms with van der Waals surface area (Å²) in [5, 5.41) is 7.47. The van der Waals surface area contributed by atoms with Gasteiger partial charge in [0.1, 0.15) is 6.33 Å². The molecule has 4 nitrogen and oxygen atoms in total. The van der Waals surface area contributed by atoms with E-state index in [9.17, 15) is 0 Å². The summed E-state index contributed by atoms with van der Waals surface area (Å²) in [6.45, 7) is 1.88. The smallest absolute Gasteiger partial charge is 0.151 e. The van der Waals surface area contributed by atoms with Gasteiger partial charge in [0, 0.05) is 26.4 Å². The zero-order valence-electron chi connectivity index (χ0n) is 8.53. The molecule has 0 bridgehead atoms. The fraction of sp³-hybridized carbons (Fsp3) is 0.600. The van der Waals surface area contributed by atoms with E-state index in [4.69, 9.17) is 6.42 Å². The van der Waals surface area contributed by atoms with Gasteiger partial charge in [0.05, 0.1) is 0 Å². The molecule has 0 unspecified atom stereocenters. The Labute approximate surface area is 84.7 Å². The second-order valence-electron chi connectivity index (χ2n) is 3.14. The molecule has 4 heteroatoms. The predicted octanol–water partition coefficient (Wildman–Crippen LogP) is 0.361. The first kappa shape index (κ1) is 10.7. The van der Waals surface area contributed by atoms with Gasteiger partial charge in [-0.05, 0) is 13.0 Å². The first-order chi connectivity index (χ1) is 6.83. The quantitative estimate of drug-likeness (QED) is 0.523. The maximum absolute atomic E-state index is 5.14. The lowest BCUT2D eigenvalue weighted by molar-refractivity contribution is 0.640. The van der Waals surface area contributed by atoms with Crippen molar-refractivity contribution in [3.05, 3.63) is 12.2 Å². The number of terminal acetylenes is 1. The molecule has 76 valence electrons. The van der Waals surface area contributed by atoms with E-state index in [-0.39, 0.29) is 0 Å². The minimum absolute atomic E-state index is 0.842. The van der Waals surface area contributed by atoms with Gasteiger partial charge < -0.3 is 5.32 Å². The van der Waals surface area contributed by atoms with Crippen molar-refractivity contribution in [3.8, 4) is 12.3 Å². The molecule has 0 aliphatic heterocycles. The largest absolute Gasteiger partial charge is 0.316 e. The Morgan fingerprint density at radius 3 is 3.07 bits per heavy atom. The van der Waals surface area contributed by atoms with Crippen molar-refractivity contribution in [2.45, 2.75) is 19.3 Å². The van der Waals surface area contributed by atoms with Gasteiger partial charge in [0.2, 0.25) is 0 Å². The summed E-state index contributed by atoms with van der Waals surface area (Å²) in [7, 11) is 1.87. The van der Waals surface area contributed by atoms with E-state index >= 15 is 0 Å². The van der Waals surface area contributed by atoms with E-state index in [2.05, 4.69) is 21.3 Å². The molecular weight excluding hydrogens is 176 g/mol. The molecule has 0 fully saturated rings. The average molecular weight is 192 g/mol. The van der Waals surface area contributed by atoms with Crippen LogP contribution in [0.1, 0.15) is 18.7 Å². The van der Waals surface area contributed by atoms with Crippen LogP contribution in [-0.2, 0) is 13.5 Å². The second kappa shape index (κ2) is 6.17. The number of nitrogens with zero attached hydrogens (tertiary/aromatic N) is 3. The molecular formula is C10H16N4. The summed E-state index contributed by atoms with van der Waals surface area (Å²) in [5.74, 6) is 3.50. The van der Waals surface area contributed by atoms with Crippen molar-refractivity contribution < 1.29 is 0 Å². The maximum Gasteiger partial charge on any atom is 0.151 e. The molecule has 0 saturated heterocycles. The predicted molar refractivity (Wildman–Crippen MR) is 55.6 cm³/mol. The molecule has 0 aromatic carbocycles. The van der Waals surface area contributed by atoms with Crippen LogP contribution in [0.15, 0.2) is 6.33 Å². The summed E-state index contributed by atoms with van der Waals surface area (Å²) < 4.78 is 1.72. The summed E-state index contributed by atoms with van der Waals surface area (Å²) >= 11 is 0. The van der Waals surface area contributed by atoms with E-state index < -0.39 is 0 Å². The Morgan fingerprint density at radius 2 is 2.43 bits per heavy atom. The van der Waals surface area contributed by atoms with Crippen molar-refractivity contribution in [3.63, 3.8) is 0 Å². The number of hydrogen-bond acceptors (Lipinski definition) is 3. The number of rotatable bonds is 6. The highest BCUT2D eigenvalue weighted by atomic mass is 15.3. The minimum atomic E-state index is 0.842. The minimum Gasteiger partial charge on any atom is -0.316 e. The van der Waals surface area contributed by atoms with Crippen molar-refractivity contribution in [1.29, 1.82) is 0 Å².